The molecule has 1 N–H and O–H groups in total. The van der Waals surface area contributed by atoms with Crippen molar-refractivity contribution in [1.29, 1.82) is 0 Å². The average molecular weight is 283 g/mol. The molecule has 5 heteroatoms. The van der Waals surface area contributed by atoms with Crippen molar-refractivity contribution in [2.45, 2.75) is 63.7 Å². The van der Waals surface area contributed by atoms with Crippen LogP contribution >= 0.6 is 11.8 Å². The normalized spacial score (nSPS) is 18.3. The first-order valence-corrected chi connectivity index (χ1v) is 8.41. The van der Waals surface area contributed by atoms with Crippen molar-refractivity contribution < 1.29 is 4.52 Å². The molecule has 0 atom stereocenters. The van der Waals surface area contributed by atoms with Gasteiger partial charge >= 0.3 is 0 Å². The van der Waals surface area contributed by atoms with Crippen LogP contribution in [0.5, 0.6) is 0 Å². The van der Waals surface area contributed by atoms with Crippen molar-refractivity contribution in [3.63, 3.8) is 0 Å². The van der Waals surface area contributed by atoms with Gasteiger partial charge in [-0.3, -0.25) is 0 Å². The summed E-state index contributed by atoms with van der Waals surface area (Å²) in [7, 11) is 0. The Labute approximate surface area is 120 Å². The fourth-order valence-corrected chi connectivity index (χ4v) is 3.33. The van der Waals surface area contributed by atoms with Crippen LogP contribution in [0.15, 0.2) is 4.52 Å². The first kappa shape index (κ1) is 14.9. The summed E-state index contributed by atoms with van der Waals surface area (Å²) in [6.45, 7) is 7.54. The first-order valence-electron chi connectivity index (χ1n) is 7.36. The molecule has 0 saturated heterocycles. The summed E-state index contributed by atoms with van der Waals surface area (Å²) < 4.78 is 5.29. The Morgan fingerprint density at radius 2 is 2.11 bits per heavy atom. The molecule has 0 amide bonds. The minimum Gasteiger partial charge on any atom is -0.339 e. The lowest BCUT2D eigenvalue weighted by Gasteiger charge is -2.27. The molecule has 0 bridgehead atoms. The monoisotopic (exact) mass is 283 g/mol. The van der Waals surface area contributed by atoms with Crippen LogP contribution in [0, 0.1) is 0 Å². The van der Waals surface area contributed by atoms with Crippen LogP contribution in [0.1, 0.15) is 58.2 Å². The second-order valence-corrected chi connectivity index (χ2v) is 7.19. The van der Waals surface area contributed by atoms with Crippen molar-refractivity contribution >= 4 is 11.8 Å². The van der Waals surface area contributed by atoms with Crippen LogP contribution in [0.3, 0.4) is 0 Å². The van der Waals surface area contributed by atoms with Gasteiger partial charge in [-0.1, -0.05) is 38.8 Å². The Balaban J connectivity index is 1.97. The minimum absolute atomic E-state index is 0.0333. The summed E-state index contributed by atoms with van der Waals surface area (Å²) in [5.41, 5.74) is -0.0333. The zero-order valence-electron chi connectivity index (χ0n) is 12.2. The Bertz CT molecular complexity index is 386. The van der Waals surface area contributed by atoms with Gasteiger partial charge in [0.1, 0.15) is 0 Å². The van der Waals surface area contributed by atoms with Crippen molar-refractivity contribution in [2.75, 3.05) is 12.3 Å². The van der Waals surface area contributed by atoms with E-state index in [1.54, 1.807) is 0 Å². The average Bonchev–Trinajstić information content (AvgIpc) is 3.04. The van der Waals surface area contributed by atoms with E-state index in [1.165, 1.54) is 12.8 Å². The number of aryl methyl sites for hydroxylation is 1. The standard InChI is InChI=1S/C14H25N3OS/c1-4-12-16-13(17-18-12)14(7-5-6-8-14)15-9-10-19-11(2)3/h11,15H,4-10H2,1-3H3. The van der Waals surface area contributed by atoms with Gasteiger partial charge in [0.05, 0.1) is 5.54 Å². The smallest absolute Gasteiger partial charge is 0.226 e. The quantitative estimate of drug-likeness (QED) is 0.779. The van der Waals surface area contributed by atoms with Gasteiger partial charge in [0.2, 0.25) is 5.89 Å². The van der Waals surface area contributed by atoms with E-state index in [9.17, 15) is 0 Å². The Hall–Kier alpha value is -0.550. The highest BCUT2D eigenvalue weighted by Gasteiger charge is 2.39. The number of rotatable bonds is 7. The van der Waals surface area contributed by atoms with Crippen LogP contribution in [0.4, 0.5) is 0 Å². The van der Waals surface area contributed by atoms with Gasteiger partial charge in [-0.2, -0.15) is 16.7 Å². The molecule has 0 aliphatic heterocycles. The molecule has 1 heterocycles. The third-order valence-corrected chi connectivity index (χ3v) is 4.78. The highest BCUT2D eigenvalue weighted by atomic mass is 32.2. The molecule has 0 radical (unpaired) electrons. The Morgan fingerprint density at radius 1 is 1.37 bits per heavy atom. The van der Waals surface area contributed by atoms with Crippen molar-refractivity contribution in [1.82, 2.24) is 15.5 Å². The largest absolute Gasteiger partial charge is 0.339 e. The summed E-state index contributed by atoms with van der Waals surface area (Å²) in [4.78, 5) is 4.55. The topological polar surface area (TPSA) is 51.0 Å². The molecule has 1 fully saturated rings. The van der Waals surface area contributed by atoms with Gasteiger partial charge in [0.25, 0.3) is 0 Å². The lowest BCUT2D eigenvalue weighted by molar-refractivity contribution is 0.305. The van der Waals surface area contributed by atoms with Crippen molar-refractivity contribution in [3.8, 4) is 0 Å². The van der Waals surface area contributed by atoms with Gasteiger partial charge in [-0.05, 0) is 18.1 Å². The van der Waals surface area contributed by atoms with Gasteiger partial charge in [-0.25, -0.2) is 0 Å². The minimum atomic E-state index is -0.0333. The lowest BCUT2D eigenvalue weighted by atomic mass is 9.96. The molecule has 108 valence electrons. The van der Waals surface area contributed by atoms with Gasteiger partial charge in [0.15, 0.2) is 5.82 Å². The number of hydrogen-bond acceptors (Lipinski definition) is 5. The molecule has 0 spiro atoms. The molecule has 1 aliphatic rings. The van der Waals surface area contributed by atoms with Crippen LogP contribution in [-0.2, 0) is 12.0 Å². The van der Waals surface area contributed by atoms with Crippen LogP contribution in [0.2, 0.25) is 0 Å². The maximum Gasteiger partial charge on any atom is 0.226 e. The van der Waals surface area contributed by atoms with Crippen LogP contribution < -0.4 is 5.32 Å². The highest BCUT2D eigenvalue weighted by molar-refractivity contribution is 7.99. The molecule has 1 saturated carbocycles. The third-order valence-electron chi connectivity index (χ3n) is 3.67. The molecular formula is C14H25N3OS. The summed E-state index contributed by atoms with van der Waals surface area (Å²) in [6.07, 6.45) is 5.57. The zero-order valence-corrected chi connectivity index (χ0v) is 13.1. The number of nitrogens with zero attached hydrogens (tertiary/aromatic N) is 2. The molecule has 0 aromatic carbocycles. The SMILES string of the molecule is CCc1nc(C2(NCCSC(C)C)CCCC2)no1. The lowest BCUT2D eigenvalue weighted by Crippen LogP contribution is -2.42. The van der Waals surface area contributed by atoms with E-state index in [2.05, 4.69) is 29.3 Å². The van der Waals surface area contributed by atoms with E-state index >= 15 is 0 Å². The van der Waals surface area contributed by atoms with Gasteiger partial charge in [-0.15, -0.1) is 0 Å². The molecule has 1 aromatic heterocycles. The van der Waals surface area contributed by atoms with Crippen molar-refractivity contribution in [2.24, 2.45) is 0 Å². The van der Waals surface area contributed by atoms with E-state index in [1.807, 2.05) is 18.7 Å². The third kappa shape index (κ3) is 3.72. The molecular weight excluding hydrogens is 258 g/mol. The molecule has 0 unspecified atom stereocenters. The second kappa shape index (κ2) is 6.75. The Morgan fingerprint density at radius 3 is 2.68 bits per heavy atom. The van der Waals surface area contributed by atoms with Gasteiger partial charge in [0, 0.05) is 18.7 Å². The maximum atomic E-state index is 5.29. The highest BCUT2D eigenvalue weighted by Crippen LogP contribution is 2.37. The van der Waals surface area contributed by atoms with Crippen LogP contribution in [0.25, 0.3) is 0 Å². The zero-order chi connectivity index (χ0) is 13.7. The summed E-state index contributed by atoms with van der Waals surface area (Å²) in [6, 6.07) is 0. The maximum absolute atomic E-state index is 5.29. The molecule has 4 nitrogen and oxygen atoms in total. The van der Waals surface area contributed by atoms with Crippen molar-refractivity contribution in [3.05, 3.63) is 11.7 Å². The fourth-order valence-electron chi connectivity index (χ4n) is 2.64. The molecule has 19 heavy (non-hydrogen) atoms. The molecule has 1 aliphatic carbocycles. The Kier molecular flexibility index (Phi) is 5.28. The second-order valence-electron chi connectivity index (χ2n) is 5.50. The van der Waals surface area contributed by atoms with E-state index in [0.717, 1.165) is 43.3 Å². The first-order chi connectivity index (χ1) is 9.16. The summed E-state index contributed by atoms with van der Waals surface area (Å²) in [5, 5.41) is 8.59. The van der Waals surface area contributed by atoms with E-state index in [-0.39, 0.29) is 5.54 Å². The van der Waals surface area contributed by atoms with Gasteiger partial charge < -0.3 is 9.84 Å². The fraction of sp³-hybridized carbons (Fsp3) is 0.857. The van der Waals surface area contributed by atoms with E-state index < -0.39 is 0 Å². The predicted molar refractivity (Wildman–Crippen MR) is 79.4 cm³/mol. The summed E-state index contributed by atoms with van der Waals surface area (Å²) >= 11 is 1.99. The van der Waals surface area contributed by atoms with E-state index in [0.29, 0.717) is 5.25 Å². The molecule has 2 rings (SSSR count). The number of thioether (sulfide) groups is 1. The predicted octanol–water partition coefficient (Wildman–Crippen LogP) is 3.13. The summed E-state index contributed by atoms with van der Waals surface area (Å²) in [5.74, 6) is 2.76. The van der Waals surface area contributed by atoms with Crippen LogP contribution in [-0.4, -0.2) is 27.7 Å². The number of nitrogens with one attached hydrogen (secondary N) is 1. The molecule has 1 aromatic rings. The number of aromatic nitrogens is 2. The van der Waals surface area contributed by atoms with E-state index in [4.69, 9.17) is 4.52 Å². The number of hydrogen-bond donors (Lipinski definition) is 1.